The molecule has 0 unspecified atom stereocenters. The van der Waals surface area contributed by atoms with E-state index in [1.807, 2.05) is 0 Å². The lowest BCUT2D eigenvalue weighted by Crippen LogP contribution is -2.50. The Hall–Kier alpha value is -3.58. The van der Waals surface area contributed by atoms with Crippen LogP contribution in [0.1, 0.15) is 36.6 Å². The standard InChI is InChI=1S/C25H19ClF2N2O3/c26-18-5-3-4-17(14-18)24(32)29-10-12-30(13-11-29)25(33)20-7-2-1-6-19(20)23(31)16-8-9-21(27)22(28)15-16/h1-9,14-15H,10-13H2. The van der Waals surface area contributed by atoms with Crippen LogP contribution in [0.4, 0.5) is 8.78 Å². The lowest BCUT2D eigenvalue weighted by Gasteiger charge is -2.35. The van der Waals surface area contributed by atoms with Gasteiger partial charge in [-0.15, -0.1) is 0 Å². The summed E-state index contributed by atoms with van der Waals surface area (Å²) < 4.78 is 26.9. The number of hydrogen-bond acceptors (Lipinski definition) is 3. The number of carbonyl (C=O) groups is 3. The molecule has 0 N–H and O–H groups in total. The second-order valence-electron chi connectivity index (χ2n) is 7.60. The summed E-state index contributed by atoms with van der Waals surface area (Å²) in [7, 11) is 0. The van der Waals surface area contributed by atoms with Crippen LogP contribution in [-0.4, -0.2) is 53.6 Å². The molecule has 3 aromatic rings. The van der Waals surface area contributed by atoms with Crippen LogP contribution in [0.25, 0.3) is 0 Å². The van der Waals surface area contributed by atoms with Gasteiger partial charge in [0.05, 0.1) is 5.56 Å². The van der Waals surface area contributed by atoms with Crippen molar-refractivity contribution in [2.75, 3.05) is 26.2 Å². The van der Waals surface area contributed by atoms with Crippen molar-refractivity contribution in [1.82, 2.24) is 9.80 Å². The van der Waals surface area contributed by atoms with E-state index in [-0.39, 0.29) is 28.5 Å². The summed E-state index contributed by atoms with van der Waals surface area (Å²) in [6, 6.07) is 15.8. The van der Waals surface area contributed by atoms with Crippen molar-refractivity contribution in [2.45, 2.75) is 0 Å². The molecule has 1 fully saturated rings. The van der Waals surface area contributed by atoms with Gasteiger partial charge in [-0.05, 0) is 42.5 Å². The summed E-state index contributed by atoms with van der Waals surface area (Å²) in [4.78, 5) is 42.0. The molecule has 0 saturated carbocycles. The first-order chi connectivity index (χ1) is 15.8. The lowest BCUT2D eigenvalue weighted by atomic mass is 9.97. The molecule has 168 valence electrons. The molecule has 1 aliphatic heterocycles. The second-order valence-corrected chi connectivity index (χ2v) is 8.03. The average Bonchev–Trinajstić information content (AvgIpc) is 2.84. The third-order valence-corrected chi connectivity index (χ3v) is 5.74. The highest BCUT2D eigenvalue weighted by Gasteiger charge is 2.28. The largest absolute Gasteiger partial charge is 0.335 e. The van der Waals surface area contributed by atoms with E-state index in [1.54, 1.807) is 46.2 Å². The number of hydrogen-bond donors (Lipinski definition) is 0. The highest BCUT2D eigenvalue weighted by Crippen LogP contribution is 2.20. The summed E-state index contributed by atoms with van der Waals surface area (Å²) in [5, 5.41) is 0.469. The maximum Gasteiger partial charge on any atom is 0.254 e. The molecule has 0 atom stereocenters. The molecule has 0 spiro atoms. The molecule has 1 saturated heterocycles. The minimum Gasteiger partial charge on any atom is -0.335 e. The van der Waals surface area contributed by atoms with Crippen molar-refractivity contribution in [3.8, 4) is 0 Å². The van der Waals surface area contributed by atoms with Gasteiger partial charge in [0.15, 0.2) is 17.4 Å². The summed E-state index contributed by atoms with van der Waals surface area (Å²) in [6.07, 6.45) is 0. The Bertz CT molecular complexity index is 1240. The van der Waals surface area contributed by atoms with Gasteiger partial charge in [0.1, 0.15) is 0 Å². The molecule has 0 bridgehead atoms. The molecule has 4 rings (SSSR count). The van der Waals surface area contributed by atoms with E-state index in [1.165, 1.54) is 18.2 Å². The summed E-state index contributed by atoms with van der Waals surface area (Å²) >= 11 is 5.97. The highest BCUT2D eigenvalue weighted by molar-refractivity contribution is 6.31. The van der Waals surface area contributed by atoms with Crippen LogP contribution >= 0.6 is 11.6 Å². The maximum absolute atomic E-state index is 13.6. The summed E-state index contributed by atoms with van der Waals surface area (Å²) in [5.74, 6) is -3.30. The van der Waals surface area contributed by atoms with Crippen LogP contribution in [0.15, 0.2) is 66.7 Å². The number of halogens is 3. The monoisotopic (exact) mass is 468 g/mol. The highest BCUT2D eigenvalue weighted by atomic mass is 35.5. The Labute approximate surface area is 194 Å². The van der Waals surface area contributed by atoms with Gasteiger partial charge in [0.25, 0.3) is 11.8 Å². The molecular weight excluding hydrogens is 450 g/mol. The van der Waals surface area contributed by atoms with E-state index >= 15 is 0 Å². The zero-order valence-corrected chi connectivity index (χ0v) is 18.2. The first-order valence-corrected chi connectivity index (χ1v) is 10.7. The maximum atomic E-state index is 13.6. The lowest BCUT2D eigenvalue weighted by molar-refractivity contribution is 0.0534. The molecule has 5 nitrogen and oxygen atoms in total. The Morgan fingerprint density at radius 3 is 1.94 bits per heavy atom. The third kappa shape index (κ3) is 4.78. The number of benzene rings is 3. The Kier molecular flexibility index (Phi) is 6.51. The molecule has 2 amide bonds. The van der Waals surface area contributed by atoms with E-state index < -0.39 is 17.4 Å². The number of amides is 2. The molecular formula is C25H19ClF2N2O3. The minimum atomic E-state index is -1.13. The minimum absolute atomic E-state index is 0.0499. The zero-order chi connectivity index (χ0) is 23.5. The number of rotatable bonds is 4. The van der Waals surface area contributed by atoms with Crippen LogP contribution in [0.5, 0.6) is 0 Å². The van der Waals surface area contributed by atoms with E-state index in [9.17, 15) is 23.2 Å². The topological polar surface area (TPSA) is 57.7 Å². The fourth-order valence-corrected chi connectivity index (χ4v) is 3.94. The Morgan fingerprint density at radius 1 is 0.667 bits per heavy atom. The summed E-state index contributed by atoms with van der Waals surface area (Å²) in [6.45, 7) is 1.24. The molecule has 8 heteroatoms. The van der Waals surface area contributed by atoms with Crippen LogP contribution in [-0.2, 0) is 0 Å². The smallest absolute Gasteiger partial charge is 0.254 e. The van der Waals surface area contributed by atoms with E-state index in [4.69, 9.17) is 11.6 Å². The van der Waals surface area contributed by atoms with Crippen molar-refractivity contribution in [3.05, 3.63) is 106 Å². The number of nitrogens with zero attached hydrogens (tertiary/aromatic N) is 2. The third-order valence-electron chi connectivity index (χ3n) is 5.51. The van der Waals surface area contributed by atoms with Crippen LogP contribution < -0.4 is 0 Å². The van der Waals surface area contributed by atoms with Crippen LogP contribution in [0, 0.1) is 11.6 Å². The SMILES string of the molecule is O=C(c1ccc(F)c(F)c1)c1ccccc1C(=O)N1CCN(C(=O)c2cccc(Cl)c2)CC1. The van der Waals surface area contributed by atoms with Crippen LogP contribution in [0.2, 0.25) is 5.02 Å². The Balaban J connectivity index is 1.49. The van der Waals surface area contributed by atoms with Crippen LogP contribution in [0.3, 0.4) is 0 Å². The van der Waals surface area contributed by atoms with Gasteiger partial charge >= 0.3 is 0 Å². The van der Waals surface area contributed by atoms with Gasteiger partial charge < -0.3 is 9.80 Å². The molecule has 0 aliphatic carbocycles. The zero-order valence-electron chi connectivity index (χ0n) is 17.4. The normalized spacial score (nSPS) is 13.7. The average molecular weight is 469 g/mol. The van der Waals surface area contributed by atoms with Crippen molar-refractivity contribution in [2.24, 2.45) is 0 Å². The molecule has 0 aromatic heterocycles. The number of carbonyl (C=O) groups excluding carboxylic acids is 3. The van der Waals surface area contributed by atoms with Gasteiger partial charge in [0, 0.05) is 47.9 Å². The predicted molar refractivity (Wildman–Crippen MR) is 119 cm³/mol. The molecule has 0 radical (unpaired) electrons. The number of ketones is 1. The van der Waals surface area contributed by atoms with Gasteiger partial charge in [-0.3, -0.25) is 14.4 Å². The van der Waals surface area contributed by atoms with Gasteiger partial charge in [-0.2, -0.15) is 0 Å². The van der Waals surface area contributed by atoms with Crippen molar-refractivity contribution >= 4 is 29.2 Å². The number of piperazine rings is 1. The van der Waals surface area contributed by atoms with Crippen molar-refractivity contribution < 1.29 is 23.2 Å². The molecule has 3 aromatic carbocycles. The van der Waals surface area contributed by atoms with E-state index in [0.29, 0.717) is 36.8 Å². The van der Waals surface area contributed by atoms with Crippen molar-refractivity contribution in [3.63, 3.8) is 0 Å². The first-order valence-electron chi connectivity index (χ1n) is 10.3. The fourth-order valence-electron chi connectivity index (χ4n) is 3.75. The van der Waals surface area contributed by atoms with Crippen molar-refractivity contribution in [1.29, 1.82) is 0 Å². The predicted octanol–water partition coefficient (Wildman–Crippen LogP) is 4.45. The molecule has 1 heterocycles. The molecule has 33 heavy (non-hydrogen) atoms. The molecule has 1 aliphatic rings. The van der Waals surface area contributed by atoms with Gasteiger partial charge in [-0.25, -0.2) is 8.78 Å². The van der Waals surface area contributed by atoms with E-state index in [0.717, 1.165) is 12.1 Å². The van der Waals surface area contributed by atoms with Gasteiger partial charge in [0.2, 0.25) is 0 Å². The summed E-state index contributed by atoms with van der Waals surface area (Å²) in [5.41, 5.74) is 0.698. The Morgan fingerprint density at radius 2 is 1.30 bits per heavy atom. The first kappa shape index (κ1) is 22.6. The quantitative estimate of drug-likeness (QED) is 0.532. The van der Waals surface area contributed by atoms with Gasteiger partial charge in [-0.1, -0.05) is 35.9 Å². The van der Waals surface area contributed by atoms with E-state index in [2.05, 4.69) is 0 Å². The second kappa shape index (κ2) is 9.50. The fraction of sp³-hybridized carbons (Fsp3) is 0.160.